The average molecular weight is 382 g/mol. The first kappa shape index (κ1) is 18.1. The standard InChI is InChI=1S/C19H19FN6O2/c1-26-11-14(23-19(27)22-13-7-5-12(20)6-8-13)10-16(26)18-24-17(25-28-18)15-4-2-3-9-21-15/h2-9,14,16H,10-11H2,1H3,(H2,22,23,27). The average Bonchev–Trinajstić information content (AvgIpc) is 3.31. The van der Waals surface area contributed by atoms with Gasteiger partial charge in [0, 0.05) is 24.5 Å². The van der Waals surface area contributed by atoms with Gasteiger partial charge in [0.25, 0.3) is 0 Å². The molecular weight excluding hydrogens is 363 g/mol. The van der Waals surface area contributed by atoms with Crippen molar-refractivity contribution in [3.05, 3.63) is 60.4 Å². The number of likely N-dealkylation sites (tertiary alicyclic amines) is 1. The number of aromatic nitrogens is 3. The van der Waals surface area contributed by atoms with E-state index >= 15 is 0 Å². The number of nitrogens with zero attached hydrogens (tertiary/aromatic N) is 4. The van der Waals surface area contributed by atoms with Crippen molar-refractivity contribution in [2.24, 2.45) is 0 Å². The van der Waals surface area contributed by atoms with E-state index in [2.05, 4.69) is 30.7 Å². The molecule has 2 amide bonds. The largest absolute Gasteiger partial charge is 0.337 e. The van der Waals surface area contributed by atoms with E-state index < -0.39 is 0 Å². The van der Waals surface area contributed by atoms with Crippen molar-refractivity contribution in [1.82, 2.24) is 25.3 Å². The number of hydrogen-bond acceptors (Lipinski definition) is 6. The lowest BCUT2D eigenvalue weighted by atomic mass is 10.1. The van der Waals surface area contributed by atoms with Gasteiger partial charge in [-0.25, -0.2) is 9.18 Å². The van der Waals surface area contributed by atoms with E-state index in [-0.39, 0.29) is 23.9 Å². The van der Waals surface area contributed by atoms with Gasteiger partial charge >= 0.3 is 6.03 Å². The van der Waals surface area contributed by atoms with Gasteiger partial charge in [-0.3, -0.25) is 9.88 Å². The summed E-state index contributed by atoms with van der Waals surface area (Å²) in [5.74, 6) is 0.580. The van der Waals surface area contributed by atoms with Gasteiger partial charge in [0.05, 0.1) is 6.04 Å². The fourth-order valence-electron chi connectivity index (χ4n) is 3.25. The lowest BCUT2D eigenvalue weighted by molar-refractivity contribution is 0.243. The Labute approximate surface area is 160 Å². The van der Waals surface area contributed by atoms with Gasteiger partial charge in [0.1, 0.15) is 11.5 Å². The van der Waals surface area contributed by atoms with Crippen LogP contribution in [0.1, 0.15) is 18.4 Å². The minimum absolute atomic E-state index is 0.0827. The van der Waals surface area contributed by atoms with Crippen LogP contribution in [-0.4, -0.2) is 45.7 Å². The van der Waals surface area contributed by atoms with Crippen molar-refractivity contribution >= 4 is 11.7 Å². The van der Waals surface area contributed by atoms with Crippen LogP contribution in [0.4, 0.5) is 14.9 Å². The highest BCUT2D eigenvalue weighted by Crippen LogP contribution is 2.30. The summed E-state index contributed by atoms with van der Waals surface area (Å²) >= 11 is 0. The molecule has 2 N–H and O–H groups in total. The predicted octanol–water partition coefficient (Wildman–Crippen LogP) is 2.84. The van der Waals surface area contributed by atoms with E-state index in [1.54, 1.807) is 6.20 Å². The summed E-state index contributed by atoms with van der Waals surface area (Å²) in [6.45, 7) is 0.642. The summed E-state index contributed by atoms with van der Waals surface area (Å²) in [6.07, 6.45) is 2.31. The van der Waals surface area contributed by atoms with E-state index in [1.807, 2.05) is 25.2 Å². The lowest BCUT2D eigenvalue weighted by Crippen LogP contribution is -2.39. The molecule has 1 aromatic carbocycles. The second-order valence-electron chi connectivity index (χ2n) is 6.66. The number of urea groups is 1. The smallest absolute Gasteiger partial charge is 0.319 e. The number of hydrogen-bond donors (Lipinski definition) is 2. The molecule has 144 valence electrons. The molecule has 2 atom stereocenters. The molecule has 2 unspecified atom stereocenters. The van der Waals surface area contributed by atoms with E-state index in [1.165, 1.54) is 24.3 Å². The Morgan fingerprint density at radius 2 is 2.07 bits per heavy atom. The molecule has 9 heteroatoms. The van der Waals surface area contributed by atoms with Crippen LogP contribution in [-0.2, 0) is 0 Å². The minimum atomic E-state index is -0.351. The zero-order valence-corrected chi connectivity index (χ0v) is 15.2. The first-order valence-corrected chi connectivity index (χ1v) is 8.87. The highest BCUT2D eigenvalue weighted by molar-refractivity contribution is 5.89. The molecule has 4 rings (SSSR count). The Morgan fingerprint density at radius 3 is 2.82 bits per heavy atom. The molecule has 1 aliphatic heterocycles. The Bertz CT molecular complexity index is 947. The van der Waals surface area contributed by atoms with Crippen molar-refractivity contribution in [2.45, 2.75) is 18.5 Å². The van der Waals surface area contributed by atoms with Crippen LogP contribution in [0.5, 0.6) is 0 Å². The number of benzene rings is 1. The van der Waals surface area contributed by atoms with Crippen molar-refractivity contribution in [3.8, 4) is 11.5 Å². The summed E-state index contributed by atoms with van der Waals surface area (Å²) in [6, 6.07) is 10.6. The van der Waals surface area contributed by atoms with Gasteiger partial charge in [-0.05, 0) is 49.9 Å². The molecule has 1 fully saturated rings. The third-order valence-corrected chi connectivity index (χ3v) is 4.61. The molecule has 0 aliphatic carbocycles. The third-order valence-electron chi connectivity index (χ3n) is 4.61. The van der Waals surface area contributed by atoms with Gasteiger partial charge in [0.2, 0.25) is 11.7 Å². The number of carbonyl (C=O) groups is 1. The number of carbonyl (C=O) groups excluding carboxylic acids is 1. The van der Waals surface area contributed by atoms with Crippen molar-refractivity contribution < 1.29 is 13.7 Å². The molecule has 1 aliphatic rings. The van der Waals surface area contributed by atoms with E-state index in [0.29, 0.717) is 36.1 Å². The number of amides is 2. The Balaban J connectivity index is 1.37. The summed E-state index contributed by atoms with van der Waals surface area (Å²) in [5.41, 5.74) is 1.17. The van der Waals surface area contributed by atoms with Crippen molar-refractivity contribution in [1.29, 1.82) is 0 Å². The van der Waals surface area contributed by atoms with Crippen LogP contribution in [0.15, 0.2) is 53.2 Å². The van der Waals surface area contributed by atoms with Crippen LogP contribution < -0.4 is 10.6 Å². The van der Waals surface area contributed by atoms with Gasteiger partial charge in [-0.15, -0.1) is 0 Å². The number of nitrogens with one attached hydrogen (secondary N) is 2. The topological polar surface area (TPSA) is 96.2 Å². The zero-order chi connectivity index (χ0) is 19.5. The van der Waals surface area contributed by atoms with Crippen LogP contribution in [0.2, 0.25) is 0 Å². The maximum absolute atomic E-state index is 13.0. The van der Waals surface area contributed by atoms with Crippen molar-refractivity contribution in [2.75, 3.05) is 18.9 Å². The summed E-state index contributed by atoms with van der Waals surface area (Å²) in [7, 11) is 1.94. The molecule has 3 aromatic rings. The molecule has 2 aromatic heterocycles. The molecule has 1 saturated heterocycles. The first-order valence-electron chi connectivity index (χ1n) is 8.87. The van der Waals surface area contributed by atoms with Gasteiger partial charge in [0.15, 0.2) is 0 Å². The molecule has 8 nitrogen and oxygen atoms in total. The van der Waals surface area contributed by atoms with E-state index in [4.69, 9.17) is 4.52 Å². The second kappa shape index (κ2) is 7.73. The predicted molar refractivity (Wildman–Crippen MR) is 99.9 cm³/mol. The molecule has 0 saturated carbocycles. The van der Waals surface area contributed by atoms with Gasteiger partial charge in [-0.2, -0.15) is 4.98 Å². The number of rotatable bonds is 4. The van der Waals surface area contributed by atoms with Crippen LogP contribution in [0.25, 0.3) is 11.5 Å². The Hall–Kier alpha value is -3.33. The lowest BCUT2D eigenvalue weighted by Gasteiger charge is -2.14. The van der Waals surface area contributed by atoms with E-state index in [0.717, 1.165) is 0 Å². The van der Waals surface area contributed by atoms with Crippen LogP contribution >= 0.6 is 0 Å². The number of halogens is 1. The highest BCUT2D eigenvalue weighted by atomic mass is 19.1. The number of likely N-dealkylation sites (N-methyl/N-ethyl adjacent to an activating group) is 1. The third kappa shape index (κ3) is 3.99. The summed E-state index contributed by atoms with van der Waals surface area (Å²) in [5, 5.41) is 9.63. The Kier molecular flexibility index (Phi) is 4.98. The SMILES string of the molecule is CN1CC(NC(=O)Nc2ccc(F)cc2)CC1c1nc(-c2ccccn2)no1. The van der Waals surface area contributed by atoms with Crippen LogP contribution in [0.3, 0.4) is 0 Å². The second-order valence-corrected chi connectivity index (χ2v) is 6.66. The molecule has 0 bridgehead atoms. The maximum atomic E-state index is 13.0. The van der Waals surface area contributed by atoms with Crippen molar-refractivity contribution in [3.63, 3.8) is 0 Å². The molecule has 3 heterocycles. The van der Waals surface area contributed by atoms with E-state index in [9.17, 15) is 9.18 Å². The Morgan fingerprint density at radius 1 is 1.25 bits per heavy atom. The summed E-state index contributed by atoms with van der Waals surface area (Å²) in [4.78, 5) is 22.9. The maximum Gasteiger partial charge on any atom is 0.319 e. The quantitative estimate of drug-likeness (QED) is 0.720. The van der Waals surface area contributed by atoms with Crippen LogP contribution in [0, 0.1) is 5.82 Å². The zero-order valence-electron chi connectivity index (χ0n) is 15.2. The minimum Gasteiger partial charge on any atom is -0.337 e. The molecule has 0 spiro atoms. The fourth-order valence-corrected chi connectivity index (χ4v) is 3.25. The van der Waals surface area contributed by atoms with Gasteiger partial charge in [-0.1, -0.05) is 11.2 Å². The number of anilines is 1. The van der Waals surface area contributed by atoms with Gasteiger partial charge < -0.3 is 15.2 Å². The monoisotopic (exact) mass is 382 g/mol. The number of pyridine rings is 1. The first-order chi connectivity index (χ1) is 13.6. The highest BCUT2D eigenvalue weighted by Gasteiger charge is 2.35. The normalized spacial score (nSPS) is 19.5. The molecule has 0 radical (unpaired) electrons. The summed E-state index contributed by atoms with van der Waals surface area (Å²) < 4.78 is 18.4. The molecular formula is C19H19FN6O2. The molecule has 28 heavy (non-hydrogen) atoms. The fraction of sp³-hybridized carbons (Fsp3) is 0.263.